The molecule has 3 heterocycles. The molecular weight excluding hydrogens is 419 g/mol. The van der Waals surface area contributed by atoms with E-state index in [2.05, 4.69) is 24.0 Å². The number of H-pyrrole nitrogens is 1. The molecule has 1 atom stereocenters. The number of fused-ring (bicyclic) bond motifs is 3. The van der Waals surface area contributed by atoms with Crippen molar-refractivity contribution in [3.05, 3.63) is 62.5 Å². The van der Waals surface area contributed by atoms with Crippen LogP contribution in [0, 0.1) is 20.8 Å². The minimum Gasteiger partial charge on any atom is -0.481 e. The number of aromatic nitrogens is 3. The Balaban J connectivity index is 0.00000225. The minimum absolute atomic E-state index is 0. The maximum absolute atomic E-state index is 11.5. The van der Waals surface area contributed by atoms with Crippen molar-refractivity contribution in [1.82, 2.24) is 10.2 Å². The molecule has 6 nitrogen and oxygen atoms in total. The van der Waals surface area contributed by atoms with Gasteiger partial charge in [-0.2, -0.15) is 4.57 Å². The van der Waals surface area contributed by atoms with Gasteiger partial charge in [0.25, 0.3) is 0 Å². The molecule has 4 rings (SSSR count). The summed E-state index contributed by atoms with van der Waals surface area (Å²) >= 11 is 7.72. The van der Waals surface area contributed by atoms with E-state index in [1.165, 1.54) is 4.88 Å². The molecule has 1 aromatic carbocycles. The number of carboxylic acid groups (broad SMARTS) is 1. The smallest absolute Gasteiger partial charge is 0.308 e. The van der Waals surface area contributed by atoms with E-state index >= 15 is 0 Å². The third-order valence-electron chi connectivity index (χ3n) is 4.77. The van der Waals surface area contributed by atoms with Crippen LogP contribution < -0.4 is 4.57 Å². The summed E-state index contributed by atoms with van der Waals surface area (Å²) in [7, 11) is 0. The third kappa shape index (κ3) is 3.34. The number of aryl methyl sites for hydroxylation is 2. The Morgan fingerprint density at radius 2 is 1.96 bits per heavy atom. The molecule has 0 amide bonds. The Morgan fingerprint density at radius 3 is 2.61 bits per heavy atom. The van der Waals surface area contributed by atoms with Crippen molar-refractivity contribution in [3.8, 4) is 5.00 Å². The van der Waals surface area contributed by atoms with Crippen LogP contribution in [0.25, 0.3) is 5.00 Å². The topological polar surface area (TPSA) is 82.2 Å². The average molecular weight is 438 g/mol. The number of rotatable bonds is 3. The number of carbonyl (C=O) groups is 1. The van der Waals surface area contributed by atoms with Crippen molar-refractivity contribution < 1.29 is 14.5 Å². The first-order chi connectivity index (χ1) is 12.9. The van der Waals surface area contributed by atoms with E-state index in [1.807, 2.05) is 35.8 Å². The lowest BCUT2D eigenvalue weighted by molar-refractivity contribution is -0.608. The average Bonchev–Trinajstić information content (AvgIpc) is 3.08. The number of aliphatic imine (C=N–C) groups is 1. The normalized spacial score (nSPS) is 15.1. The molecule has 2 aromatic heterocycles. The second-order valence-corrected chi connectivity index (χ2v) is 8.20. The molecule has 146 valence electrons. The van der Waals surface area contributed by atoms with Gasteiger partial charge in [0.05, 0.1) is 17.7 Å². The number of carboxylic acids is 1. The van der Waals surface area contributed by atoms with Crippen LogP contribution in [-0.4, -0.2) is 27.0 Å². The number of halogens is 2. The summed E-state index contributed by atoms with van der Waals surface area (Å²) in [5, 5.41) is 18.4. The first-order valence-corrected chi connectivity index (χ1v) is 9.69. The summed E-state index contributed by atoms with van der Waals surface area (Å²) in [5.41, 5.74) is 3.84. The summed E-state index contributed by atoms with van der Waals surface area (Å²) < 4.78 is 2.00. The zero-order valence-corrected chi connectivity index (χ0v) is 17.9. The molecule has 0 saturated carbocycles. The van der Waals surface area contributed by atoms with Crippen LogP contribution in [0.15, 0.2) is 29.3 Å². The second kappa shape index (κ2) is 7.66. The van der Waals surface area contributed by atoms with Gasteiger partial charge in [-0.25, -0.2) is 0 Å². The van der Waals surface area contributed by atoms with Crippen LogP contribution >= 0.6 is 35.3 Å². The number of hydrogen-bond acceptors (Lipinski definition) is 4. The molecule has 9 heteroatoms. The van der Waals surface area contributed by atoms with E-state index in [-0.39, 0.29) is 18.8 Å². The molecule has 0 fully saturated rings. The fraction of sp³-hybridized carbons (Fsp3) is 0.263. The number of nitrogens with one attached hydrogen (secondary N) is 1. The Kier molecular flexibility index (Phi) is 5.61. The van der Waals surface area contributed by atoms with Gasteiger partial charge in [-0.3, -0.25) is 9.79 Å². The van der Waals surface area contributed by atoms with Crippen LogP contribution in [0.4, 0.5) is 0 Å². The largest absolute Gasteiger partial charge is 0.481 e. The summed E-state index contributed by atoms with van der Waals surface area (Å²) in [4.78, 5) is 17.6. The molecule has 0 saturated heterocycles. The van der Waals surface area contributed by atoms with Gasteiger partial charge in [-0.05, 0) is 31.5 Å². The van der Waals surface area contributed by atoms with Crippen molar-refractivity contribution in [2.24, 2.45) is 4.99 Å². The van der Waals surface area contributed by atoms with Gasteiger partial charge in [0.2, 0.25) is 5.82 Å². The quantitative estimate of drug-likeness (QED) is 0.604. The molecule has 2 N–H and O–H groups in total. The standard InChI is InChI=1S/C19H17ClN4O2S.ClH/c1-9-10(2)27-19-16(9)17(12-4-6-13(20)7-5-12)21-14(8-15(25)26)18-23-22-11(3)24(18)19;/h4-7,14H,8H2,1-3H3,(H,25,26);1H/p+1/t14-;/m0./s1. The van der Waals surface area contributed by atoms with Crippen molar-refractivity contribution in [3.63, 3.8) is 0 Å². The molecule has 1 aliphatic heterocycles. The van der Waals surface area contributed by atoms with E-state index in [0.29, 0.717) is 10.8 Å². The lowest BCUT2D eigenvalue weighted by Crippen LogP contribution is -2.37. The summed E-state index contributed by atoms with van der Waals surface area (Å²) in [6.07, 6.45) is -0.131. The molecule has 0 spiro atoms. The Labute approximate surface area is 177 Å². The van der Waals surface area contributed by atoms with Gasteiger partial charge in [-0.15, -0.1) is 28.8 Å². The monoisotopic (exact) mass is 437 g/mol. The van der Waals surface area contributed by atoms with E-state index in [1.54, 1.807) is 11.3 Å². The van der Waals surface area contributed by atoms with Crippen molar-refractivity contribution in [2.45, 2.75) is 33.2 Å². The second-order valence-electron chi connectivity index (χ2n) is 6.56. The third-order valence-corrected chi connectivity index (χ3v) is 6.22. The molecule has 0 bridgehead atoms. The predicted octanol–water partition coefficient (Wildman–Crippen LogP) is 4.12. The fourth-order valence-corrected chi connectivity index (χ4v) is 4.69. The molecule has 3 aromatic rings. The predicted molar refractivity (Wildman–Crippen MR) is 112 cm³/mol. The van der Waals surface area contributed by atoms with Crippen LogP contribution in [0.5, 0.6) is 0 Å². The Hall–Kier alpha value is -2.22. The van der Waals surface area contributed by atoms with E-state index in [4.69, 9.17) is 16.6 Å². The number of nitrogens with zero attached hydrogens (tertiary/aromatic N) is 3. The molecular formula is C19H19Cl2N4O2S+. The van der Waals surface area contributed by atoms with Crippen LogP contribution in [0.3, 0.4) is 0 Å². The number of aliphatic carboxylic acids is 1. The zero-order valence-electron chi connectivity index (χ0n) is 15.5. The van der Waals surface area contributed by atoms with Gasteiger partial charge >= 0.3 is 11.8 Å². The fourth-order valence-electron chi connectivity index (χ4n) is 3.34. The zero-order chi connectivity index (χ0) is 19.3. The summed E-state index contributed by atoms with van der Waals surface area (Å²) in [5.74, 6) is 0.543. The van der Waals surface area contributed by atoms with E-state index in [9.17, 15) is 9.90 Å². The van der Waals surface area contributed by atoms with Crippen molar-refractivity contribution >= 4 is 47.0 Å². The summed E-state index contributed by atoms with van der Waals surface area (Å²) in [6, 6.07) is 6.90. The highest BCUT2D eigenvalue weighted by Gasteiger charge is 2.37. The molecule has 28 heavy (non-hydrogen) atoms. The molecule has 1 aliphatic rings. The highest BCUT2D eigenvalue weighted by atomic mass is 35.5. The molecule has 0 unspecified atom stereocenters. The maximum atomic E-state index is 11.5. The lowest BCUT2D eigenvalue weighted by Gasteiger charge is -2.09. The first-order valence-electron chi connectivity index (χ1n) is 8.50. The van der Waals surface area contributed by atoms with Gasteiger partial charge in [-0.1, -0.05) is 23.7 Å². The first kappa shape index (κ1) is 20.5. The maximum Gasteiger partial charge on any atom is 0.308 e. The number of aromatic amines is 1. The van der Waals surface area contributed by atoms with Gasteiger partial charge in [0.1, 0.15) is 0 Å². The lowest BCUT2D eigenvalue weighted by atomic mass is 9.99. The van der Waals surface area contributed by atoms with Crippen LogP contribution in [0.1, 0.15) is 45.7 Å². The van der Waals surface area contributed by atoms with Crippen molar-refractivity contribution in [1.29, 1.82) is 0 Å². The van der Waals surface area contributed by atoms with Crippen LogP contribution in [-0.2, 0) is 4.79 Å². The van der Waals surface area contributed by atoms with E-state index < -0.39 is 12.0 Å². The highest BCUT2D eigenvalue weighted by molar-refractivity contribution is 7.14. The highest BCUT2D eigenvalue weighted by Crippen LogP contribution is 2.35. The van der Waals surface area contributed by atoms with E-state index in [0.717, 1.165) is 33.2 Å². The molecule has 0 aliphatic carbocycles. The number of hydrogen-bond donors (Lipinski definition) is 2. The molecule has 0 radical (unpaired) electrons. The van der Waals surface area contributed by atoms with Gasteiger partial charge < -0.3 is 5.11 Å². The minimum atomic E-state index is -0.912. The SMILES string of the molecule is Cc1sc2c(c1C)C(c1ccc(Cl)cc1)=N[C@@H](CC(=O)O)c1n[nH]c(C)[n+]1-2.Cl. The van der Waals surface area contributed by atoms with Gasteiger partial charge in [0, 0.05) is 27.5 Å². The van der Waals surface area contributed by atoms with Crippen molar-refractivity contribution in [2.75, 3.05) is 0 Å². The number of thiophene rings is 1. The summed E-state index contributed by atoms with van der Waals surface area (Å²) in [6.45, 7) is 6.08. The Morgan fingerprint density at radius 1 is 1.29 bits per heavy atom. The number of benzene rings is 1. The van der Waals surface area contributed by atoms with Crippen LogP contribution in [0.2, 0.25) is 5.02 Å². The van der Waals surface area contributed by atoms with Gasteiger partial charge in [0.15, 0.2) is 11.0 Å². The Bertz CT molecular complexity index is 1090.